The highest BCUT2D eigenvalue weighted by Crippen LogP contribution is 2.16. The number of ketones is 1. The van der Waals surface area contributed by atoms with E-state index < -0.39 is 42.0 Å². The van der Waals surface area contributed by atoms with Crippen molar-refractivity contribution in [3.8, 4) is 0 Å². The van der Waals surface area contributed by atoms with Gasteiger partial charge in [0.25, 0.3) is 11.8 Å². The molecule has 0 aromatic heterocycles. The highest BCUT2D eigenvalue weighted by atomic mass is 16.5. The van der Waals surface area contributed by atoms with E-state index in [1.807, 2.05) is 0 Å². The summed E-state index contributed by atoms with van der Waals surface area (Å²) >= 11 is 0. The molecule has 0 saturated carbocycles. The molecule has 0 spiro atoms. The summed E-state index contributed by atoms with van der Waals surface area (Å²) in [5, 5.41) is 4.98. The van der Waals surface area contributed by atoms with Crippen LogP contribution in [-0.2, 0) is 19.1 Å². The third-order valence-electron chi connectivity index (χ3n) is 3.95. The van der Waals surface area contributed by atoms with E-state index in [1.54, 1.807) is 18.2 Å². The Bertz CT molecular complexity index is 817. The first kappa shape index (κ1) is 20.1. The summed E-state index contributed by atoms with van der Waals surface area (Å²) in [7, 11) is 0. The number of hydrogen-bond acceptors (Lipinski definition) is 6. The molecule has 0 aliphatic carbocycles. The lowest BCUT2D eigenvalue weighted by Crippen LogP contribution is -2.42. The Morgan fingerprint density at radius 2 is 1.93 bits per heavy atom. The highest BCUT2D eigenvalue weighted by molar-refractivity contribution is 6.08. The number of imide groups is 1. The quantitative estimate of drug-likeness (QED) is 0.436. The summed E-state index contributed by atoms with van der Waals surface area (Å²) in [5.74, 6) is -2.21. The van der Waals surface area contributed by atoms with Gasteiger partial charge in [-0.2, -0.15) is 0 Å². The Morgan fingerprint density at radius 3 is 2.48 bits per heavy atom. The van der Waals surface area contributed by atoms with Gasteiger partial charge in [-0.3, -0.25) is 24.1 Å². The predicted octanol–water partition coefficient (Wildman–Crippen LogP) is 1.09. The Balaban J connectivity index is 1.93. The minimum absolute atomic E-state index is 0.151. The van der Waals surface area contributed by atoms with Crippen molar-refractivity contribution >= 4 is 35.3 Å². The van der Waals surface area contributed by atoms with Crippen molar-refractivity contribution in [3.05, 3.63) is 29.8 Å². The van der Waals surface area contributed by atoms with Crippen molar-refractivity contribution in [2.75, 3.05) is 11.9 Å². The number of urea groups is 1. The van der Waals surface area contributed by atoms with Crippen LogP contribution in [0.2, 0.25) is 0 Å². The van der Waals surface area contributed by atoms with E-state index in [1.165, 1.54) is 33.8 Å². The molecule has 2 N–H and O–H groups in total. The fraction of sp³-hybridized carbons (Fsp3) is 0.389. The van der Waals surface area contributed by atoms with E-state index in [0.29, 0.717) is 11.3 Å². The molecule has 0 unspecified atom stereocenters. The second-order valence-electron chi connectivity index (χ2n) is 6.70. The Morgan fingerprint density at radius 1 is 1.26 bits per heavy atom. The molecule has 1 saturated heterocycles. The van der Waals surface area contributed by atoms with Gasteiger partial charge in [-0.1, -0.05) is 12.1 Å². The zero-order valence-electron chi connectivity index (χ0n) is 15.5. The molecule has 1 aromatic carbocycles. The number of benzene rings is 1. The fourth-order valence-corrected chi connectivity index (χ4v) is 2.44. The average molecular weight is 375 g/mol. The minimum Gasteiger partial charge on any atom is -0.451 e. The van der Waals surface area contributed by atoms with Gasteiger partial charge in [0.1, 0.15) is 12.1 Å². The molecule has 1 atom stereocenters. The number of Topliss-reactive ketones (excluding diaryl/α,β-unsaturated/α-hetero) is 1. The molecule has 144 valence electrons. The number of esters is 1. The van der Waals surface area contributed by atoms with Crippen LogP contribution in [0.5, 0.6) is 0 Å². The van der Waals surface area contributed by atoms with Gasteiger partial charge >= 0.3 is 12.0 Å². The first-order chi connectivity index (χ1) is 12.5. The van der Waals surface area contributed by atoms with Crippen LogP contribution in [0.25, 0.3) is 0 Å². The third kappa shape index (κ3) is 4.69. The maximum atomic E-state index is 12.2. The number of carbonyl (C=O) groups excluding carboxylic acids is 5. The minimum atomic E-state index is -1.16. The molecule has 1 aromatic rings. The van der Waals surface area contributed by atoms with Crippen LogP contribution < -0.4 is 10.6 Å². The number of ether oxygens (including phenoxy) is 1. The summed E-state index contributed by atoms with van der Waals surface area (Å²) in [4.78, 5) is 60.1. The van der Waals surface area contributed by atoms with E-state index in [-0.39, 0.29) is 5.78 Å². The molecule has 9 nitrogen and oxygen atoms in total. The molecule has 1 heterocycles. The van der Waals surface area contributed by atoms with Gasteiger partial charge in [-0.25, -0.2) is 4.79 Å². The van der Waals surface area contributed by atoms with Gasteiger partial charge in [-0.05, 0) is 39.8 Å². The van der Waals surface area contributed by atoms with E-state index in [2.05, 4.69) is 10.6 Å². The smallest absolute Gasteiger partial charge is 0.327 e. The summed E-state index contributed by atoms with van der Waals surface area (Å²) < 4.78 is 5.00. The van der Waals surface area contributed by atoms with Crippen LogP contribution in [0, 0.1) is 0 Å². The molecular formula is C18H21N3O6. The molecule has 4 amide bonds. The Kier molecular flexibility index (Phi) is 5.63. The molecule has 27 heavy (non-hydrogen) atoms. The number of amides is 4. The van der Waals surface area contributed by atoms with Crippen molar-refractivity contribution in [2.24, 2.45) is 0 Å². The zero-order chi connectivity index (χ0) is 20.4. The van der Waals surface area contributed by atoms with Crippen LogP contribution in [0.4, 0.5) is 10.5 Å². The first-order valence-electron chi connectivity index (χ1n) is 8.26. The van der Waals surface area contributed by atoms with Gasteiger partial charge in [-0.15, -0.1) is 0 Å². The number of anilines is 1. The molecule has 0 radical (unpaired) electrons. The van der Waals surface area contributed by atoms with E-state index in [0.717, 1.165) is 4.90 Å². The number of hydrogen-bond donors (Lipinski definition) is 2. The zero-order valence-corrected chi connectivity index (χ0v) is 15.5. The molecule has 9 heteroatoms. The number of nitrogens with one attached hydrogen (secondary N) is 2. The molecule has 1 fully saturated rings. The van der Waals surface area contributed by atoms with Gasteiger partial charge in [0.05, 0.1) is 0 Å². The fourth-order valence-electron chi connectivity index (χ4n) is 2.44. The van der Waals surface area contributed by atoms with Crippen molar-refractivity contribution in [1.82, 2.24) is 10.2 Å². The molecular weight excluding hydrogens is 354 g/mol. The van der Waals surface area contributed by atoms with Gasteiger partial charge < -0.3 is 15.4 Å². The second-order valence-corrected chi connectivity index (χ2v) is 6.70. The topological polar surface area (TPSA) is 122 Å². The maximum absolute atomic E-state index is 12.2. The highest BCUT2D eigenvalue weighted by Gasteiger charge is 2.45. The number of nitrogens with zero attached hydrogens (tertiary/aromatic N) is 1. The van der Waals surface area contributed by atoms with Crippen molar-refractivity contribution in [1.29, 1.82) is 0 Å². The summed E-state index contributed by atoms with van der Waals surface area (Å²) in [6.07, 6.45) is -1.16. The molecule has 1 aliphatic rings. The lowest BCUT2D eigenvalue weighted by Gasteiger charge is -2.17. The van der Waals surface area contributed by atoms with Crippen molar-refractivity contribution in [2.45, 2.75) is 39.3 Å². The Hall–Kier alpha value is -3.23. The standard InChI is InChI=1S/C18H21N3O6/c1-10(22)12-6-5-7-13(8-12)19-15(24)11(2)27-14(23)9-21-16(25)18(3,4)20-17(21)26/h5-8,11H,9H2,1-4H3,(H,19,24)(H,20,26)/t11-/m0/s1. The van der Waals surface area contributed by atoms with Crippen LogP contribution in [0.15, 0.2) is 24.3 Å². The molecule has 1 aliphatic heterocycles. The van der Waals surface area contributed by atoms with Crippen molar-refractivity contribution < 1.29 is 28.7 Å². The lowest BCUT2D eigenvalue weighted by atomic mass is 10.1. The number of carbonyl (C=O) groups is 5. The normalized spacial score (nSPS) is 16.5. The first-order valence-corrected chi connectivity index (χ1v) is 8.26. The van der Waals surface area contributed by atoms with E-state index in [4.69, 9.17) is 4.74 Å². The van der Waals surface area contributed by atoms with Gasteiger partial charge in [0, 0.05) is 11.3 Å². The molecule has 2 rings (SSSR count). The van der Waals surface area contributed by atoms with Crippen LogP contribution in [0.1, 0.15) is 38.1 Å². The summed E-state index contributed by atoms with van der Waals surface area (Å²) in [6, 6.07) is 5.63. The van der Waals surface area contributed by atoms with Gasteiger partial charge in [0.2, 0.25) is 0 Å². The van der Waals surface area contributed by atoms with Crippen LogP contribution in [0.3, 0.4) is 0 Å². The van der Waals surface area contributed by atoms with E-state index >= 15 is 0 Å². The van der Waals surface area contributed by atoms with Crippen LogP contribution >= 0.6 is 0 Å². The second kappa shape index (κ2) is 7.56. The third-order valence-corrected chi connectivity index (χ3v) is 3.95. The monoisotopic (exact) mass is 375 g/mol. The predicted molar refractivity (Wildman–Crippen MR) is 95.0 cm³/mol. The van der Waals surface area contributed by atoms with E-state index in [9.17, 15) is 24.0 Å². The lowest BCUT2D eigenvalue weighted by molar-refractivity contribution is -0.155. The summed E-state index contributed by atoms with van der Waals surface area (Å²) in [6.45, 7) is 5.21. The average Bonchev–Trinajstić information content (AvgIpc) is 2.76. The maximum Gasteiger partial charge on any atom is 0.327 e. The molecule has 0 bridgehead atoms. The Labute approximate surface area is 156 Å². The van der Waals surface area contributed by atoms with Gasteiger partial charge in [0.15, 0.2) is 11.9 Å². The SMILES string of the molecule is CC(=O)c1cccc(NC(=O)[C@H](C)OC(=O)CN2C(=O)NC(C)(C)C2=O)c1. The largest absolute Gasteiger partial charge is 0.451 e. The van der Waals surface area contributed by atoms with Crippen molar-refractivity contribution in [3.63, 3.8) is 0 Å². The summed E-state index contributed by atoms with van der Waals surface area (Å²) in [5.41, 5.74) is -0.285. The van der Waals surface area contributed by atoms with Crippen LogP contribution in [-0.4, -0.2) is 52.7 Å². The number of rotatable bonds is 6.